The molecule has 2 N–H and O–H groups in total. The number of hydrogen-bond donors (Lipinski definition) is 2. The van der Waals surface area contributed by atoms with Crippen LogP contribution in [0.25, 0.3) is 0 Å². The van der Waals surface area contributed by atoms with E-state index in [1.165, 1.54) is 0 Å². The molecule has 0 spiro atoms. The summed E-state index contributed by atoms with van der Waals surface area (Å²) >= 11 is 1.82. The van der Waals surface area contributed by atoms with Gasteiger partial charge in [0.05, 0.1) is 5.56 Å². The van der Waals surface area contributed by atoms with Gasteiger partial charge in [-0.2, -0.15) is 11.8 Å². The third kappa shape index (κ3) is 4.31. The Morgan fingerprint density at radius 3 is 2.89 bits per heavy atom. The number of aryl methyl sites for hydroxylation is 2. The van der Waals surface area contributed by atoms with Crippen LogP contribution in [0.15, 0.2) is 17.4 Å². The number of aromatic nitrogens is 2. The second-order valence-electron chi connectivity index (χ2n) is 4.19. The van der Waals surface area contributed by atoms with E-state index >= 15 is 0 Å². The van der Waals surface area contributed by atoms with Crippen LogP contribution in [-0.2, 0) is 0 Å². The molecule has 0 aliphatic carbocycles. The molecular weight excluding hydrogens is 246 g/mol. The fraction of sp³-hybridized carbons (Fsp3) is 0.538. The molecule has 1 atom stereocenters. The Kier molecular flexibility index (Phi) is 6.15. The van der Waals surface area contributed by atoms with Crippen molar-refractivity contribution < 1.29 is 0 Å². The third-order valence-corrected chi connectivity index (χ3v) is 3.59. The quantitative estimate of drug-likeness (QED) is 0.586. The van der Waals surface area contributed by atoms with E-state index in [4.69, 9.17) is 0 Å². The molecule has 0 aliphatic heterocycles. The molecule has 4 nitrogen and oxygen atoms in total. The number of nitrogens with zero attached hydrogens (tertiary/aromatic N) is 1. The van der Waals surface area contributed by atoms with Crippen molar-refractivity contribution in [2.75, 3.05) is 18.1 Å². The highest BCUT2D eigenvalue weighted by molar-refractivity contribution is 7.99. The van der Waals surface area contributed by atoms with Gasteiger partial charge in [-0.25, -0.2) is 4.98 Å². The summed E-state index contributed by atoms with van der Waals surface area (Å²) in [4.78, 5) is 18.9. The first-order valence-electron chi connectivity index (χ1n) is 6.05. The molecule has 0 fully saturated rings. The van der Waals surface area contributed by atoms with Crippen LogP contribution in [0.3, 0.4) is 0 Å². The van der Waals surface area contributed by atoms with Gasteiger partial charge in [-0.3, -0.25) is 4.79 Å². The summed E-state index contributed by atoms with van der Waals surface area (Å²) in [5.74, 6) is 2.63. The first-order valence-corrected chi connectivity index (χ1v) is 7.21. The van der Waals surface area contributed by atoms with Gasteiger partial charge < -0.3 is 10.3 Å². The lowest BCUT2D eigenvalue weighted by Crippen LogP contribution is -2.29. The van der Waals surface area contributed by atoms with E-state index in [1.807, 2.05) is 31.7 Å². The summed E-state index contributed by atoms with van der Waals surface area (Å²) < 4.78 is 0. The average molecular weight is 267 g/mol. The number of rotatable bonds is 7. The number of H-pyrrole nitrogens is 1. The van der Waals surface area contributed by atoms with Crippen LogP contribution in [0.2, 0.25) is 0 Å². The van der Waals surface area contributed by atoms with Crippen molar-refractivity contribution in [2.45, 2.75) is 26.8 Å². The van der Waals surface area contributed by atoms with E-state index in [0.29, 0.717) is 5.82 Å². The molecule has 0 saturated carbocycles. The van der Waals surface area contributed by atoms with Gasteiger partial charge in [-0.05, 0) is 20.8 Å². The van der Waals surface area contributed by atoms with Gasteiger partial charge in [0.15, 0.2) is 0 Å². The lowest BCUT2D eigenvalue weighted by molar-refractivity contribution is 0.587. The van der Waals surface area contributed by atoms with E-state index < -0.39 is 0 Å². The van der Waals surface area contributed by atoms with Crippen molar-refractivity contribution in [3.63, 3.8) is 0 Å². The predicted octanol–water partition coefficient (Wildman–Crippen LogP) is 1.96. The second kappa shape index (κ2) is 7.38. The summed E-state index contributed by atoms with van der Waals surface area (Å²) in [5.41, 5.74) is 1.49. The molecule has 100 valence electrons. The number of hydrogen-bond acceptors (Lipinski definition) is 4. The minimum atomic E-state index is -0.0428. The maximum atomic E-state index is 11.9. The highest BCUT2D eigenvalue weighted by Crippen LogP contribution is 2.10. The maximum Gasteiger partial charge on any atom is 0.255 e. The molecule has 0 aliphatic rings. The highest BCUT2D eigenvalue weighted by atomic mass is 32.2. The van der Waals surface area contributed by atoms with Crippen molar-refractivity contribution in [3.8, 4) is 0 Å². The van der Waals surface area contributed by atoms with Crippen LogP contribution in [0.4, 0.5) is 0 Å². The number of nitrogens with one attached hydrogen (secondary N) is 2. The van der Waals surface area contributed by atoms with Crippen molar-refractivity contribution in [1.82, 2.24) is 15.3 Å². The summed E-state index contributed by atoms with van der Waals surface area (Å²) in [7, 11) is 0. The summed E-state index contributed by atoms with van der Waals surface area (Å²) in [5, 5.41) is 3.34. The minimum Gasteiger partial charge on any atom is -0.310 e. The van der Waals surface area contributed by atoms with Gasteiger partial charge in [0.1, 0.15) is 5.82 Å². The smallest absolute Gasteiger partial charge is 0.255 e. The van der Waals surface area contributed by atoms with Gasteiger partial charge in [0, 0.05) is 29.8 Å². The average Bonchev–Trinajstić information content (AvgIpc) is 2.27. The molecule has 0 bridgehead atoms. The van der Waals surface area contributed by atoms with Crippen LogP contribution in [-0.4, -0.2) is 28.0 Å². The molecular formula is C13H21N3OS. The normalized spacial score (nSPS) is 12.4. The van der Waals surface area contributed by atoms with Crippen LogP contribution >= 0.6 is 11.8 Å². The van der Waals surface area contributed by atoms with E-state index in [1.54, 1.807) is 6.92 Å². The molecule has 1 aromatic rings. The topological polar surface area (TPSA) is 57.8 Å². The lowest BCUT2D eigenvalue weighted by atomic mass is 10.1. The molecule has 0 saturated heterocycles. The molecule has 18 heavy (non-hydrogen) atoms. The van der Waals surface area contributed by atoms with Crippen molar-refractivity contribution in [3.05, 3.63) is 40.1 Å². The summed E-state index contributed by atoms with van der Waals surface area (Å²) in [6.07, 6.45) is 1.90. The maximum absolute atomic E-state index is 11.9. The Bertz CT molecular complexity index is 456. The zero-order valence-electron chi connectivity index (χ0n) is 11.2. The third-order valence-electron chi connectivity index (χ3n) is 2.63. The zero-order valence-corrected chi connectivity index (χ0v) is 12.1. The molecule has 1 rings (SSSR count). The highest BCUT2D eigenvalue weighted by Gasteiger charge is 2.13. The fourth-order valence-corrected chi connectivity index (χ4v) is 2.46. The molecule has 0 radical (unpaired) electrons. The SMILES string of the molecule is C=CCSCCNC(C)c1c(C)nc(C)[nH]c1=O. The minimum absolute atomic E-state index is 0.0196. The summed E-state index contributed by atoms with van der Waals surface area (Å²) in [6, 6.07) is 0.0196. The molecule has 1 heterocycles. The molecule has 1 aromatic heterocycles. The molecule has 0 amide bonds. The van der Waals surface area contributed by atoms with Gasteiger partial charge in [0.2, 0.25) is 0 Å². The largest absolute Gasteiger partial charge is 0.310 e. The van der Waals surface area contributed by atoms with Crippen LogP contribution in [0.1, 0.15) is 30.0 Å². The standard InChI is InChI=1S/C13H21N3OS/c1-5-7-18-8-6-14-9(2)12-10(3)15-11(4)16-13(12)17/h5,9,14H,1,6-8H2,2-4H3,(H,15,16,17). The zero-order chi connectivity index (χ0) is 13.5. The Balaban J connectivity index is 2.59. The van der Waals surface area contributed by atoms with Gasteiger partial charge in [0.25, 0.3) is 5.56 Å². The van der Waals surface area contributed by atoms with Crippen molar-refractivity contribution in [1.29, 1.82) is 0 Å². The monoisotopic (exact) mass is 267 g/mol. The van der Waals surface area contributed by atoms with Crippen molar-refractivity contribution >= 4 is 11.8 Å². The van der Waals surface area contributed by atoms with Crippen LogP contribution in [0, 0.1) is 13.8 Å². The number of thioether (sulfide) groups is 1. The van der Waals surface area contributed by atoms with Gasteiger partial charge in [-0.15, -0.1) is 6.58 Å². The molecule has 1 unspecified atom stereocenters. The van der Waals surface area contributed by atoms with Gasteiger partial charge >= 0.3 is 0 Å². The molecule has 5 heteroatoms. The fourth-order valence-electron chi connectivity index (χ4n) is 1.86. The van der Waals surface area contributed by atoms with Crippen LogP contribution in [0.5, 0.6) is 0 Å². The Morgan fingerprint density at radius 1 is 1.56 bits per heavy atom. The van der Waals surface area contributed by atoms with E-state index in [9.17, 15) is 4.79 Å². The predicted molar refractivity (Wildman–Crippen MR) is 78.3 cm³/mol. The molecule has 0 aromatic carbocycles. The van der Waals surface area contributed by atoms with Crippen molar-refractivity contribution in [2.24, 2.45) is 0 Å². The second-order valence-corrected chi connectivity index (χ2v) is 5.34. The Hall–Kier alpha value is -1.07. The lowest BCUT2D eigenvalue weighted by Gasteiger charge is -2.15. The van der Waals surface area contributed by atoms with E-state index in [0.717, 1.165) is 29.3 Å². The van der Waals surface area contributed by atoms with Crippen LogP contribution < -0.4 is 10.9 Å². The Labute approximate surface area is 112 Å². The first kappa shape index (κ1) is 15.0. The summed E-state index contributed by atoms with van der Waals surface area (Å²) in [6.45, 7) is 10.2. The number of aromatic amines is 1. The van der Waals surface area contributed by atoms with E-state index in [2.05, 4.69) is 21.9 Å². The van der Waals surface area contributed by atoms with E-state index in [-0.39, 0.29) is 11.6 Å². The van der Waals surface area contributed by atoms with Gasteiger partial charge in [-0.1, -0.05) is 6.08 Å². The first-order chi connectivity index (χ1) is 8.56. The Morgan fingerprint density at radius 2 is 2.28 bits per heavy atom.